The van der Waals surface area contributed by atoms with Crippen molar-refractivity contribution in [1.29, 1.82) is 0 Å². The Balaban J connectivity index is 1.53. The molecule has 2 aromatic heterocycles. The van der Waals surface area contributed by atoms with Crippen molar-refractivity contribution in [3.63, 3.8) is 0 Å². The largest absolute Gasteiger partial charge is 0.508 e. The van der Waals surface area contributed by atoms with Gasteiger partial charge in [0.15, 0.2) is 0 Å². The van der Waals surface area contributed by atoms with Crippen LogP contribution in [0.25, 0.3) is 11.3 Å². The molecule has 34 heavy (non-hydrogen) atoms. The molecular formula is C22H25N7O5. The first-order valence-corrected chi connectivity index (χ1v) is 10.9. The Hall–Kier alpha value is -4.22. The van der Waals surface area contributed by atoms with Gasteiger partial charge in [0.25, 0.3) is 0 Å². The summed E-state index contributed by atoms with van der Waals surface area (Å²) < 4.78 is 11.7. The topological polar surface area (TPSA) is 138 Å². The Kier molecular flexibility index (Phi) is 6.85. The van der Waals surface area contributed by atoms with Crippen molar-refractivity contribution in [2.45, 2.75) is 25.9 Å². The van der Waals surface area contributed by atoms with Crippen molar-refractivity contribution in [2.24, 2.45) is 7.05 Å². The van der Waals surface area contributed by atoms with Crippen LogP contribution in [0.15, 0.2) is 42.7 Å². The zero-order chi connectivity index (χ0) is 24.1. The van der Waals surface area contributed by atoms with Crippen LogP contribution in [0, 0.1) is 10.1 Å². The molecule has 1 aromatic carbocycles. The standard InChI is InChI=1S/C22H25N7O5/c1-3-33-22(30)34-16-9-11-28(12-10-16)21-19(29(31)32)20(23-14-24-21)25-18-13-17(26-27(18)2)15-7-5-4-6-8-15/h4-8,13-14,16H,3,9-12H2,1-2H3,(H,23,24,25). The fourth-order valence-electron chi connectivity index (χ4n) is 3.79. The Labute approximate surface area is 195 Å². The van der Waals surface area contributed by atoms with Gasteiger partial charge in [-0.15, -0.1) is 0 Å². The minimum Gasteiger partial charge on any atom is -0.435 e. The van der Waals surface area contributed by atoms with E-state index in [-0.39, 0.29) is 30.0 Å². The van der Waals surface area contributed by atoms with Gasteiger partial charge in [-0.3, -0.25) is 14.8 Å². The fraction of sp³-hybridized carbons (Fsp3) is 0.364. The van der Waals surface area contributed by atoms with Gasteiger partial charge in [0, 0.05) is 44.6 Å². The van der Waals surface area contributed by atoms with E-state index in [1.54, 1.807) is 29.6 Å². The normalized spacial score (nSPS) is 14.0. The minimum atomic E-state index is -0.702. The summed E-state index contributed by atoms with van der Waals surface area (Å²) in [5, 5.41) is 19.5. The van der Waals surface area contributed by atoms with Crippen molar-refractivity contribution in [1.82, 2.24) is 19.7 Å². The van der Waals surface area contributed by atoms with E-state index in [0.717, 1.165) is 11.3 Å². The van der Waals surface area contributed by atoms with Crippen LogP contribution in [-0.2, 0) is 16.5 Å². The molecule has 0 atom stereocenters. The van der Waals surface area contributed by atoms with Gasteiger partial charge in [0.2, 0.25) is 11.6 Å². The van der Waals surface area contributed by atoms with E-state index >= 15 is 0 Å². The summed E-state index contributed by atoms with van der Waals surface area (Å²) in [6, 6.07) is 11.4. The average Bonchev–Trinajstić information content (AvgIpc) is 3.20. The molecule has 0 saturated carbocycles. The Morgan fingerprint density at radius 1 is 1.24 bits per heavy atom. The number of benzene rings is 1. The van der Waals surface area contributed by atoms with Crippen LogP contribution in [0.5, 0.6) is 0 Å². The van der Waals surface area contributed by atoms with Crippen LogP contribution in [0.4, 0.5) is 27.9 Å². The molecule has 1 fully saturated rings. The maximum Gasteiger partial charge on any atom is 0.508 e. The van der Waals surface area contributed by atoms with Gasteiger partial charge in [0.05, 0.1) is 17.2 Å². The summed E-state index contributed by atoms with van der Waals surface area (Å²) >= 11 is 0. The Bertz CT molecular complexity index is 1160. The number of hydrogen-bond donors (Lipinski definition) is 1. The first kappa shape index (κ1) is 23.0. The predicted octanol–water partition coefficient (Wildman–Crippen LogP) is 3.67. The van der Waals surface area contributed by atoms with Crippen LogP contribution in [0.1, 0.15) is 19.8 Å². The van der Waals surface area contributed by atoms with Gasteiger partial charge in [-0.05, 0) is 6.92 Å². The molecule has 3 aromatic rings. The molecule has 0 unspecified atom stereocenters. The summed E-state index contributed by atoms with van der Waals surface area (Å²) in [7, 11) is 1.75. The molecule has 0 spiro atoms. The van der Waals surface area contributed by atoms with Crippen molar-refractivity contribution in [3.8, 4) is 11.3 Å². The number of carbonyl (C=O) groups excluding carboxylic acids is 1. The lowest BCUT2D eigenvalue weighted by Crippen LogP contribution is -2.38. The van der Waals surface area contributed by atoms with Crippen molar-refractivity contribution >= 4 is 29.3 Å². The molecular weight excluding hydrogens is 442 g/mol. The summed E-state index contributed by atoms with van der Waals surface area (Å²) in [6.07, 6.45) is 1.29. The summed E-state index contributed by atoms with van der Waals surface area (Å²) in [5.74, 6) is 0.832. The van der Waals surface area contributed by atoms with Crippen molar-refractivity contribution < 1.29 is 19.2 Å². The molecule has 4 rings (SSSR count). The van der Waals surface area contributed by atoms with Gasteiger partial charge in [-0.25, -0.2) is 14.8 Å². The minimum absolute atomic E-state index is 0.0718. The van der Waals surface area contributed by atoms with Crippen LogP contribution in [-0.4, -0.2) is 56.6 Å². The van der Waals surface area contributed by atoms with Gasteiger partial charge in [-0.2, -0.15) is 5.10 Å². The number of piperidine rings is 1. The number of aromatic nitrogens is 4. The maximum absolute atomic E-state index is 12.0. The highest BCUT2D eigenvalue weighted by atomic mass is 16.7. The smallest absolute Gasteiger partial charge is 0.435 e. The van der Waals surface area contributed by atoms with Crippen LogP contribution in [0.2, 0.25) is 0 Å². The van der Waals surface area contributed by atoms with E-state index in [1.807, 2.05) is 30.3 Å². The highest BCUT2D eigenvalue weighted by molar-refractivity contribution is 5.75. The molecule has 12 nitrogen and oxygen atoms in total. The second-order valence-corrected chi connectivity index (χ2v) is 7.67. The highest BCUT2D eigenvalue weighted by Crippen LogP contribution is 2.35. The number of ether oxygens (including phenoxy) is 2. The van der Waals surface area contributed by atoms with Crippen LogP contribution < -0.4 is 10.2 Å². The maximum atomic E-state index is 12.0. The highest BCUT2D eigenvalue weighted by Gasteiger charge is 2.31. The molecule has 12 heteroatoms. The van der Waals surface area contributed by atoms with Crippen molar-refractivity contribution in [3.05, 3.63) is 52.8 Å². The number of anilines is 3. The summed E-state index contributed by atoms with van der Waals surface area (Å²) in [4.78, 5) is 33.2. The third-order valence-electron chi connectivity index (χ3n) is 5.45. The number of nitrogens with zero attached hydrogens (tertiary/aromatic N) is 6. The molecule has 0 bridgehead atoms. The zero-order valence-electron chi connectivity index (χ0n) is 18.9. The number of hydrogen-bond acceptors (Lipinski definition) is 10. The molecule has 1 N–H and O–H groups in total. The second-order valence-electron chi connectivity index (χ2n) is 7.67. The third kappa shape index (κ3) is 5.05. The van der Waals surface area contributed by atoms with E-state index in [0.29, 0.717) is 31.7 Å². The molecule has 178 valence electrons. The molecule has 1 saturated heterocycles. The van der Waals surface area contributed by atoms with Crippen LogP contribution >= 0.6 is 0 Å². The predicted molar refractivity (Wildman–Crippen MR) is 124 cm³/mol. The number of carbonyl (C=O) groups is 1. The number of rotatable bonds is 7. The SMILES string of the molecule is CCOC(=O)OC1CCN(c2ncnc(Nc3cc(-c4ccccc4)nn3C)c2[N+](=O)[O-])CC1. The third-order valence-corrected chi connectivity index (χ3v) is 5.45. The molecule has 0 aliphatic carbocycles. The number of nitrogens with one attached hydrogen (secondary N) is 1. The van der Waals surface area contributed by atoms with Crippen LogP contribution in [0.3, 0.4) is 0 Å². The first-order valence-electron chi connectivity index (χ1n) is 10.9. The summed E-state index contributed by atoms with van der Waals surface area (Å²) in [6.45, 7) is 2.82. The van der Waals surface area contributed by atoms with Gasteiger partial charge >= 0.3 is 11.8 Å². The molecule has 0 radical (unpaired) electrons. The lowest BCUT2D eigenvalue weighted by molar-refractivity contribution is -0.383. The van der Waals surface area contributed by atoms with Gasteiger partial charge < -0.3 is 19.7 Å². The number of aryl methyl sites for hydroxylation is 1. The van der Waals surface area contributed by atoms with E-state index in [4.69, 9.17) is 9.47 Å². The van der Waals surface area contributed by atoms with Gasteiger partial charge in [-0.1, -0.05) is 30.3 Å². The van der Waals surface area contributed by atoms with E-state index in [9.17, 15) is 14.9 Å². The molecule has 0 amide bonds. The number of nitro groups is 1. The lowest BCUT2D eigenvalue weighted by Gasteiger charge is -2.31. The Morgan fingerprint density at radius 2 is 1.97 bits per heavy atom. The first-order chi connectivity index (χ1) is 16.5. The monoisotopic (exact) mass is 467 g/mol. The second kappa shape index (κ2) is 10.1. The van der Waals surface area contributed by atoms with E-state index < -0.39 is 11.1 Å². The quantitative estimate of drug-likeness (QED) is 0.311. The molecule has 1 aliphatic rings. The summed E-state index contributed by atoms with van der Waals surface area (Å²) in [5.41, 5.74) is 1.43. The Morgan fingerprint density at radius 3 is 2.65 bits per heavy atom. The fourth-order valence-corrected chi connectivity index (χ4v) is 3.79. The molecule has 1 aliphatic heterocycles. The average molecular weight is 467 g/mol. The zero-order valence-corrected chi connectivity index (χ0v) is 18.9. The van der Waals surface area contributed by atoms with Gasteiger partial charge in [0.1, 0.15) is 18.2 Å². The molecule has 3 heterocycles. The van der Waals surface area contributed by atoms with E-state index in [2.05, 4.69) is 20.4 Å². The van der Waals surface area contributed by atoms with E-state index in [1.165, 1.54) is 6.33 Å². The van der Waals surface area contributed by atoms with Crippen molar-refractivity contribution in [2.75, 3.05) is 29.9 Å². The lowest BCUT2D eigenvalue weighted by atomic mass is 10.1.